The number of aliphatic hydroxyl groups excluding tert-OH is 1. The summed E-state index contributed by atoms with van der Waals surface area (Å²) in [7, 11) is 5.00. The van der Waals surface area contributed by atoms with E-state index in [-0.39, 0.29) is 30.3 Å². The fourth-order valence-corrected chi connectivity index (χ4v) is 6.42. The summed E-state index contributed by atoms with van der Waals surface area (Å²) in [6.45, 7) is 3.08. The van der Waals surface area contributed by atoms with Crippen molar-refractivity contribution in [2.75, 3.05) is 46.3 Å². The van der Waals surface area contributed by atoms with Gasteiger partial charge in [0, 0.05) is 13.0 Å². The highest BCUT2D eigenvalue weighted by atomic mass is 16.7. The number of anilines is 1. The molecule has 1 saturated carbocycles. The van der Waals surface area contributed by atoms with Gasteiger partial charge in [-0.25, -0.2) is 0 Å². The van der Waals surface area contributed by atoms with Crippen LogP contribution in [0.2, 0.25) is 0 Å². The monoisotopic (exact) mass is 448 g/mol. The van der Waals surface area contributed by atoms with Crippen molar-refractivity contribution in [3.8, 4) is 11.5 Å². The molecular formula is C23H32N2O7. The number of ether oxygens (including phenoxy) is 4. The second-order valence-corrected chi connectivity index (χ2v) is 9.44. The van der Waals surface area contributed by atoms with Crippen LogP contribution in [0.4, 0.5) is 5.69 Å². The van der Waals surface area contributed by atoms with Crippen molar-refractivity contribution in [3.05, 3.63) is 17.7 Å². The maximum atomic E-state index is 14.2. The standard InChI is InChI=1S/C23H32N2O7/c1-12-17-13-7-9-25(2)10-8-22(20(17)27)14-5-6-15(29-3)19(32-16(11-26)30-4)18(14)24-23(22,28)21(13)31-12/h5-6,12-13,16-17,21,24,26,28H,7-11H2,1-4H3. The zero-order valence-electron chi connectivity index (χ0n) is 19.0. The number of hydrogen-bond acceptors (Lipinski definition) is 9. The second-order valence-electron chi connectivity index (χ2n) is 9.44. The van der Waals surface area contributed by atoms with Crippen LogP contribution in [-0.4, -0.2) is 86.1 Å². The van der Waals surface area contributed by atoms with Crippen LogP contribution in [0.5, 0.6) is 11.5 Å². The summed E-state index contributed by atoms with van der Waals surface area (Å²) in [5.74, 6) is 0.390. The first-order chi connectivity index (χ1) is 15.3. The number of hydrogen-bond donors (Lipinski definition) is 3. The molecule has 1 aromatic rings. The number of methoxy groups -OCH3 is 2. The summed E-state index contributed by atoms with van der Waals surface area (Å²) in [6, 6.07) is 3.58. The van der Waals surface area contributed by atoms with Crippen LogP contribution in [0.3, 0.4) is 0 Å². The molecule has 4 bridgehead atoms. The zero-order valence-corrected chi connectivity index (χ0v) is 19.0. The number of nitrogens with zero attached hydrogens (tertiary/aromatic N) is 1. The fourth-order valence-electron chi connectivity index (χ4n) is 6.42. The van der Waals surface area contributed by atoms with Gasteiger partial charge in [-0.05, 0) is 51.5 Å². The lowest BCUT2D eigenvalue weighted by Crippen LogP contribution is -2.69. The number of ketones is 1. The lowest BCUT2D eigenvalue weighted by atomic mass is 9.56. The van der Waals surface area contributed by atoms with Gasteiger partial charge in [0.2, 0.25) is 6.29 Å². The average Bonchev–Trinajstić information content (AvgIpc) is 3.26. The molecule has 3 aliphatic heterocycles. The van der Waals surface area contributed by atoms with Crippen LogP contribution in [-0.2, 0) is 19.7 Å². The van der Waals surface area contributed by atoms with Crippen LogP contribution in [0.1, 0.15) is 25.3 Å². The third-order valence-electron chi connectivity index (χ3n) is 7.99. The van der Waals surface area contributed by atoms with E-state index in [2.05, 4.69) is 10.2 Å². The van der Waals surface area contributed by atoms with Crippen LogP contribution in [0.15, 0.2) is 12.1 Å². The third-order valence-corrected chi connectivity index (χ3v) is 7.99. The van der Waals surface area contributed by atoms with Crippen molar-refractivity contribution >= 4 is 11.5 Å². The summed E-state index contributed by atoms with van der Waals surface area (Å²) in [5.41, 5.74) is -1.63. The molecule has 1 spiro atoms. The first kappa shape index (κ1) is 21.9. The highest BCUT2D eigenvalue weighted by Crippen LogP contribution is 2.64. The van der Waals surface area contributed by atoms with Crippen LogP contribution < -0.4 is 14.8 Å². The maximum absolute atomic E-state index is 14.2. The number of fused-ring (bicyclic) bond motifs is 2. The molecule has 4 aliphatic rings. The van der Waals surface area contributed by atoms with E-state index in [1.165, 1.54) is 14.2 Å². The Bertz CT molecular complexity index is 922. The summed E-state index contributed by atoms with van der Waals surface area (Å²) in [4.78, 5) is 16.4. The Kier molecular flexibility index (Phi) is 5.18. The van der Waals surface area contributed by atoms with Crippen molar-refractivity contribution in [1.82, 2.24) is 4.90 Å². The number of Topliss-reactive ketones (excluding diaryl/α,β-unsaturated/α-hetero) is 1. The maximum Gasteiger partial charge on any atom is 0.223 e. The van der Waals surface area contributed by atoms with E-state index in [0.29, 0.717) is 35.7 Å². The quantitative estimate of drug-likeness (QED) is 0.561. The molecule has 1 aromatic carbocycles. The summed E-state index contributed by atoms with van der Waals surface area (Å²) in [5, 5.41) is 25.2. The van der Waals surface area contributed by atoms with Gasteiger partial charge in [0.1, 0.15) is 18.1 Å². The molecule has 7 unspecified atom stereocenters. The summed E-state index contributed by atoms with van der Waals surface area (Å²) < 4.78 is 22.9. The molecule has 32 heavy (non-hydrogen) atoms. The Morgan fingerprint density at radius 3 is 2.81 bits per heavy atom. The summed E-state index contributed by atoms with van der Waals surface area (Å²) >= 11 is 0. The first-order valence-corrected chi connectivity index (χ1v) is 11.2. The Balaban J connectivity index is 1.73. The number of carbonyl (C=O) groups excluding carboxylic acids is 1. The molecule has 2 saturated heterocycles. The van der Waals surface area contributed by atoms with Gasteiger partial charge in [0.25, 0.3) is 0 Å². The predicted molar refractivity (Wildman–Crippen MR) is 115 cm³/mol. The minimum Gasteiger partial charge on any atom is -0.493 e. The van der Waals surface area contributed by atoms with E-state index in [1.54, 1.807) is 6.07 Å². The normalized spacial score (nSPS) is 38.9. The van der Waals surface area contributed by atoms with Gasteiger partial charge in [-0.1, -0.05) is 6.07 Å². The van der Waals surface area contributed by atoms with Crippen molar-refractivity contribution in [1.29, 1.82) is 0 Å². The van der Waals surface area contributed by atoms with Crippen molar-refractivity contribution in [2.45, 2.75) is 49.4 Å². The van der Waals surface area contributed by atoms with Gasteiger partial charge in [-0.15, -0.1) is 0 Å². The van der Waals surface area contributed by atoms with Crippen molar-refractivity contribution < 1.29 is 34.0 Å². The van der Waals surface area contributed by atoms with Crippen LogP contribution in [0.25, 0.3) is 0 Å². The van der Waals surface area contributed by atoms with Crippen molar-refractivity contribution in [3.63, 3.8) is 0 Å². The molecule has 0 aromatic heterocycles. The highest BCUT2D eigenvalue weighted by molar-refractivity contribution is 6.01. The molecule has 176 valence electrons. The highest BCUT2D eigenvalue weighted by Gasteiger charge is 2.75. The molecule has 3 heterocycles. The minimum absolute atomic E-state index is 0.0226. The van der Waals surface area contributed by atoms with E-state index in [4.69, 9.17) is 18.9 Å². The predicted octanol–water partition coefficient (Wildman–Crippen LogP) is 0.719. The Morgan fingerprint density at radius 1 is 1.34 bits per heavy atom. The van der Waals surface area contributed by atoms with E-state index in [0.717, 1.165) is 13.0 Å². The van der Waals surface area contributed by atoms with Gasteiger partial charge in [-0.3, -0.25) is 4.79 Å². The smallest absolute Gasteiger partial charge is 0.223 e. The number of benzene rings is 1. The van der Waals surface area contributed by atoms with Crippen LogP contribution in [0, 0.1) is 11.8 Å². The number of rotatable bonds is 5. The first-order valence-electron chi connectivity index (χ1n) is 11.2. The Morgan fingerprint density at radius 2 is 2.12 bits per heavy atom. The lowest BCUT2D eigenvalue weighted by molar-refractivity contribution is -0.161. The molecule has 3 N–H and O–H groups in total. The van der Waals surface area contributed by atoms with Gasteiger partial charge in [-0.2, -0.15) is 0 Å². The molecule has 0 radical (unpaired) electrons. The fraction of sp³-hybridized carbons (Fsp3) is 0.696. The molecule has 9 nitrogen and oxygen atoms in total. The largest absolute Gasteiger partial charge is 0.493 e. The molecule has 5 rings (SSSR count). The van der Waals surface area contributed by atoms with Crippen LogP contribution >= 0.6 is 0 Å². The van der Waals surface area contributed by atoms with Gasteiger partial charge in [0.05, 0.1) is 24.8 Å². The van der Waals surface area contributed by atoms with E-state index < -0.39 is 23.5 Å². The third kappa shape index (κ3) is 2.66. The van der Waals surface area contributed by atoms with Gasteiger partial charge >= 0.3 is 0 Å². The molecule has 0 amide bonds. The zero-order chi connectivity index (χ0) is 22.8. The van der Waals surface area contributed by atoms with Crippen molar-refractivity contribution in [2.24, 2.45) is 11.8 Å². The second kappa shape index (κ2) is 7.56. The van der Waals surface area contributed by atoms with Gasteiger partial charge in [0.15, 0.2) is 23.0 Å². The topological polar surface area (TPSA) is 110 Å². The Hall–Kier alpha value is -1.91. The Labute approximate surface area is 187 Å². The van der Waals surface area contributed by atoms with E-state index in [9.17, 15) is 15.0 Å². The SMILES string of the molecule is COc1ccc2c(c1OC(CO)OC)NC1(O)C3OC(C)C4C(=O)C21CCN(C)CCC43. The number of aliphatic hydroxyl groups is 2. The van der Waals surface area contributed by atoms with Gasteiger partial charge < -0.3 is 39.4 Å². The lowest BCUT2D eigenvalue weighted by Gasteiger charge is -2.49. The number of carbonyl (C=O) groups is 1. The molecular weight excluding hydrogens is 416 g/mol. The molecule has 1 aliphatic carbocycles. The summed E-state index contributed by atoms with van der Waals surface area (Å²) in [6.07, 6.45) is -0.477. The number of nitrogens with one attached hydrogen (secondary N) is 1. The minimum atomic E-state index is -1.62. The van der Waals surface area contributed by atoms with E-state index >= 15 is 0 Å². The molecule has 3 fully saturated rings. The molecule has 9 heteroatoms. The molecule has 7 atom stereocenters. The average molecular weight is 449 g/mol. The van der Waals surface area contributed by atoms with E-state index in [1.807, 2.05) is 20.0 Å².